The molecule has 0 spiro atoms. The first kappa shape index (κ1) is 14.3. The maximum absolute atomic E-state index is 12.5. The number of hydrogen-bond donors (Lipinski definition) is 1. The van der Waals surface area contributed by atoms with Crippen LogP contribution in [0.25, 0.3) is 0 Å². The molecule has 1 aromatic carbocycles. The number of carbonyl (C=O) groups is 1. The van der Waals surface area contributed by atoms with Crippen LogP contribution < -0.4 is 4.74 Å². The first-order valence-electron chi connectivity index (χ1n) is 6.32. The van der Waals surface area contributed by atoms with Crippen molar-refractivity contribution in [3.63, 3.8) is 0 Å². The average Bonchev–Trinajstić information content (AvgIpc) is 3.27. The van der Waals surface area contributed by atoms with Crippen molar-refractivity contribution < 1.29 is 19.6 Å². The van der Waals surface area contributed by atoms with Gasteiger partial charge in [-0.15, -0.1) is 0 Å². The van der Waals surface area contributed by atoms with Crippen molar-refractivity contribution >= 4 is 11.6 Å². The monoisotopic (exact) mass is 280 g/mol. The summed E-state index contributed by atoms with van der Waals surface area (Å²) in [7, 11) is 1.41. The van der Waals surface area contributed by atoms with E-state index in [1.807, 2.05) is 0 Å². The van der Waals surface area contributed by atoms with Crippen LogP contribution in [0.15, 0.2) is 18.2 Å². The summed E-state index contributed by atoms with van der Waals surface area (Å²) in [6, 6.07) is 4.03. The van der Waals surface area contributed by atoms with Gasteiger partial charge in [0.2, 0.25) is 0 Å². The molecule has 0 radical (unpaired) electrons. The minimum absolute atomic E-state index is 0.110. The van der Waals surface area contributed by atoms with Crippen LogP contribution in [0.4, 0.5) is 5.69 Å². The number of amides is 1. The number of non-ortho nitro benzene ring substituents is 1. The van der Waals surface area contributed by atoms with Crippen molar-refractivity contribution in [2.75, 3.05) is 20.3 Å². The number of rotatable bonds is 6. The van der Waals surface area contributed by atoms with Crippen LogP contribution in [-0.2, 0) is 0 Å². The van der Waals surface area contributed by atoms with E-state index in [1.54, 1.807) is 4.90 Å². The number of aliphatic hydroxyl groups is 1. The predicted octanol–water partition coefficient (Wildman–Crippen LogP) is 1.20. The number of nitro groups is 1. The Hall–Kier alpha value is -2.15. The summed E-state index contributed by atoms with van der Waals surface area (Å²) in [4.78, 5) is 24.3. The highest BCUT2D eigenvalue weighted by molar-refractivity contribution is 5.98. The minimum atomic E-state index is -0.552. The van der Waals surface area contributed by atoms with E-state index in [0.717, 1.165) is 12.8 Å². The normalized spacial score (nSPS) is 13.9. The van der Waals surface area contributed by atoms with E-state index in [2.05, 4.69) is 0 Å². The Bertz CT molecular complexity index is 527. The molecule has 0 heterocycles. The molecule has 0 atom stereocenters. The molecule has 7 nitrogen and oxygen atoms in total. The van der Waals surface area contributed by atoms with Crippen LogP contribution in [0.3, 0.4) is 0 Å². The van der Waals surface area contributed by atoms with Gasteiger partial charge < -0.3 is 14.7 Å². The standard InChI is InChI=1S/C13H16N2O5/c1-20-12-5-4-10(15(18)19)8-11(12)13(17)14(6-7-16)9-2-3-9/h4-5,8-9,16H,2-3,6-7H2,1H3. The van der Waals surface area contributed by atoms with Crippen LogP contribution >= 0.6 is 0 Å². The van der Waals surface area contributed by atoms with E-state index in [9.17, 15) is 14.9 Å². The molecule has 1 aliphatic rings. The molecule has 1 saturated carbocycles. The molecule has 20 heavy (non-hydrogen) atoms. The first-order chi connectivity index (χ1) is 9.58. The largest absolute Gasteiger partial charge is 0.496 e. The second-order valence-corrected chi connectivity index (χ2v) is 4.60. The highest BCUT2D eigenvalue weighted by atomic mass is 16.6. The van der Waals surface area contributed by atoms with E-state index >= 15 is 0 Å². The molecule has 7 heteroatoms. The van der Waals surface area contributed by atoms with Gasteiger partial charge in [-0.3, -0.25) is 14.9 Å². The number of ether oxygens (including phenoxy) is 1. The molecule has 1 amide bonds. The summed E-state index contributed by atoms with van der Waals surface area (Å²) >= 11 is 0. The molecule has 0 bridgehead atoms. The van der Waals surface area contributed by atoms with Crippen molar-refractivity contribution in [1.82, 2.24) is 4.90 Å². The van der Waals surface area contributed by atoms with Gasteiger partial charge in [-0.25, -0.2) is 0 Å². The lowest BCUT2D eigenvalue weighted by Gasteiger charge is -2.22. The van der Waals surface area contributed by atoms with Crippen LogP contribution in [-0.4, -0.2) is 47.1 Å². The Labute approximate surface area is 115 Å². The second-order valence-electron chi connectivity index (χ2n) is 4.60. The Balaban J connectivity index is 2.35. The van der Waals surface area contributed by atoms with Gasteiger partial charge in [-0.05, 0) is 18.9 Å². The topological polar surface area (TPSA) is 92.9 Å². The van der Waals surface area contributed by atoms with Crippen LogP contribution in [0, 0.1) is 10.1 Å². The molecule has 1 aromatic rings. The number of carbonyl (C=O) groups excluding carboxylic acids is 1. The highest BCUT2D eigenvalue weighted by Gasteiger charge is 2.34. The second kappa shape index (κ2) is 5.87. The lowest BCUT2D eigenvalue weighted by molar-refractivity contribution is -0.384. The fourth-order valence-electron chi connectivity index (χ4n) is 2.08. The van der Waals surface area contributed by atoms with Gasteiger partial charge in [0, 0.05) is 24.7 Å². The van der Waals surface area contributed by atoms with Gasteiger partial charge in [0.05, 0.1) is 24.2 Å². The summed E-state index contributed by atoms with van der Waals surface area (Å²) in [5, 5.41) is 19.9. The highest BCUT2D eigenvalue weighted by Crippen LogP contribution is 2.31. The summed E-state index contributed by atoms with van der Waals surface area (Å²) in [5.41, 5.74) is -0.00375. The summed E-state index contributed by atoms with van der Waals surface area (Å²) in [6.07, 6.45) is 1.78. The third kappa shape index (κ3) is 2.88. The van der Waals surface area contributed by atoms with Crippen LogP contribution in [0.2, 0.25) is 0 Å². The van der Waals surface area contributed by atoms with Gasteiger partial charge in [-0.2, -0.15) is 0 Å². The third-order valence-electron chi connectivity index (χ3n) is 3.21. The zero-order valence-corrected chi connectivity index (χ0v) is 11.1. The van der Waals surface area contributed by atoms with E-state index in [0.29, 0.717) is 5.75 Å². The molecular formula is C13H16N2O5. The number of methoxy groups -OCH3 is 1. The molecule has 0 aliphatic heterocycles. The number of aliphatic hydroxyl groups excluding tert-OH is 1. The molecular weight excluding hydrogens is 264 g/mol. The van der Waals surface area contributed by atoms with Gasteiger partial charge in [0.1, 0.15) is 5.75 Å². The number of benzene rings is 1. The fourth-order valence-corrected chi connectivity index (χ4v) is 2.08. The molecule has 2 rings (SSSR count). The maximum Gasteiger partial charge on any atom is 0.270 e. The molecule has 108 valence electrons. The minimum Gasteiger partial charge on any atom is -0.496 e. The molecule has 1 N–H and O–H groups in total. The van der Waals surface area contributed by atoms with Gasteiger partial charge in [0.25, 0.3) is 11.6 Å². The third-order valence-corrected chi connectivity index (χ3v) is 3.21. The molecule has 0 unspecified atom stereocenters. The SMILES string of the molecule is COc1ccc([N+](=O)[O-])cc1C(=O)N(CCO)C1CC1. The van der Waals surface area contributed by atoms with Crippen molar-refractivity contribution in [2.45, 2.75) is 18.9 Å². The van der Waals surface area contributed by atoms with E-state index < -0.39 is 4.92 Å². The first-order valence-corrected chi connectivity index (χ1v) is 6.32. The molecule has 1 fully saturated rings. The fraction of sp³-hybridized carbons (Fsp3) is 0.462. The van der Waals surface area contributed by atoms with Crippen molar-refractivity contribution in [3.8, 4) is 5.75 Å². The number of nitro benzene ring substituents is 1. The number of hydrogen-bond acceptors (Lipinski definition) is 5. The summed E-state index contributed by atoms with van der Waals surface area (Å²) in [6.45, 7) is 0.0782. The van der Waals surface area contributed by atoms with Crippen LogP contribution in [0.5, 0.6) is 5.75 Å². The zero-order valence-electron chi connectivity index (χ0n) is 11.1. The quantitative estimate of drug-likeness (QED) is 0.624. The average molecular weight is 280 g/mol. The van der Waals surface area contributed by atoms with E-state index in [4.69, 9.17) is 9.84 Å². The summed E-state index contributed by atoms with van der Waals surface area (Å²) < 4.78 is 5.10. The Morgan fingerprint density at radius 1 is 1.55 bits per heavy atom. The molecule has 0 aromatic heterocycles. The zero-order chi connectivity index (χ0) is 14.7. The summed E-state index contributed by atoms with van der Waals surface area (Å²) in [5.74, 6) is -0.0497. The Kier molecular flexibility index (Phi) is 4.19. The van der Waals surface area contributed by atoms with Crippen molar-refractivity contribution in [1.29, 1.82) is 0 Å². The van der Waals surface area contributed by atoms with Crippen molar-refractivity contribution in [2.24, 2.45) is 0 Å². The number of nitrogens with zero attached hydrogens (tertiary/aromatic N) is 2. The predicted molar refractivity (Wildman–Crippen MR) is 70.8 cm³/mol. The van der Waals surface area contributed by atoms with Crippen LogP contribution in [0.1, 0.15) is 23.2 Å². The van der Waals surface area contributed by atoms with Crippen molar-refractivity contribution in [3.05, 3.63) is 33.9 Å². The smallest absolute Gasteiger partial charge is 0.270 e. The van der Waals surface area contributed by atoms with Gasteiger partial charge in [0.15, 0.2) is 0 Å². The van der Waals surface area contributed by atoms with Gasteiger partial charge in [-0.1, -0.05) is 0 Å². The maximum atomic E-state index is 12.5. The Morgan fingerprint density at radius 3 is 2.75 bits per heavy atom. The molecule has 1 aliphatic carbocycles. The van der Waals surface area contributed by atoms with E-state index in [1.165, 1.54) is 25.3 Å². The lowest BCUT2D eigenvalue weighted by atomic mass is 10.1. The van der Waals surface area contributed by atoms with E-state index in [-0.39, 0.29) is 36.4 Å². The lowest BCUT2D eigenvalue weighted by Crippen LogP contribution is -2.35. The Morgan fingerprint density at radius 2 is 2.25 bits per heavy atom. The van der Waals surface area contributed by atoms with Gasteiger partial charge >= 0.3 is 0 Å². The molecule has 0 saturated heterocycles.